The molecule has 0 aliphatic carbocycles. The van der Waals surface area contributed by atoms with E-state index in [1.807, 2.05) is 0 Å². The smallest absolute Gasteiger partial charge is 0.180 e. The molecule has 0 amide bonds. The summed E-state index contributed by atoms with van der Waals surface area (Å²) in [7, 11) is 0. The summed E-state index contributed by atoms with van der Waals surface area (Å²) in [6, 6.07) is 0. The van der Waals surface area contributed by atoms with E-state index in [0.717, 1.165) is 0 Å². The van der Waals surface area contributed by atoms with Crippen LogP contribution in [-0.4, -0.2) is 4.30 Å². The second kappa shape index (κ2) is 9.03. The Morgan fingerprint density at radius 1 is 1.17 bits per heavy atom. The summed E-state index contributed by atoms with van der Waals surface area (Å²) in [4.78, 5) is 0. The molecule has 0 spiro atoms. The molecule has 0 aliphatic heterocycles. The highest BCUT2D eigenvalue weighted by atomic mass is 35.6. The highest BCUT2D eigenvalue weighted by molar-refractivity contribution is 6.63. The predicted molar refractivity (Wildman–Crippen MR) is 26.3 cm³/mol. The van der Waals surface area contributed by atoms with E-state index in [9.17, 15) is 0 Å². The predicted octanol–water partition coefficient (Wildman–Crippen LogP) is 2.08. The van der Waals surface area contributed by atoms with Gasteiger partial charge in [0.1, 0.15) is 0 Å². The zero-order chi connectivity index (χ0) is 5.58. The lowest BCUT2D eigenvalue weighted by atomic mass is 11.9. The van der Waals surface area contributed by atoms with Crippen molar-refractivity contribution in [1.82, 2.24) is 0 Å². The van der Waals surface area contributed by atoms with Gasteiger partial charge in [-0.15, -0.1) is 0 Å². The van der Waals surface area contributed by atoms with Gasteiger partial charge < -0.3 is 11.8 Å². The summed E-state index contributed by atoms with van der Waals surface area (Å²) < 4.78 is -0.750. The van der Waals surface area contributed by atoms with Gasteiger partial charge in [-0.05, 0) is 0 Å². The molecule has 36 valence electrons. The molecule has 0 aliphatic rings. The summed E-state index contributed by atoms with van der Waals surface area (Å²) in [5, 5.41) is 6.25. The van der Waals surface area contributed by atoms with Gasteiger partial charge in [0.15, 0.2) is 4.30 Å². The van der Waals surface area contributed by atoms with Crippen LogP contribution in [0.15, 0.2) is 0 Å². The average Bonchev–Trinajstić information content (AvgIpc) is 1.41. The topological polar surface area (TPSA) is 23.8 Å². The normalized spacial score (nSPS) is 6.33. The largest absolute Gasteiger partial charge is 0.512 e. The molecule has 0 bridgehead atoms. The summed E-state index contributed by atoms with van der Waals surface area (Å²) in [5.74, 6) is 0. The molecule has 0 radical (unpaired) electrons. The molecule has 0 rings (SSSR count). The van der Waals surface area contributed by atoms with E-state index >= 15 is 0 Å². The Morgan fingerprint density at radius 2 is 1.17 bits per heavy atom. The quantitative estimate of drug-likeness (QED) is 0.378. The van der Waals surface area contributed by atoms with Crippen LogP contribution < -0.4 is 0 Å². The Kier molecular flexibility index (Phi) is 14.5. The van der Waals surface area contributed by atoms with Crippen LogP contribution >= 0.6 is 34.8 Å². The summed E-state index contributed by atoms with van der Waals surface area (Å²) >= 11 is 14.4. The van der Waals surface area contributed by atoms with Gasteiger partial charge in [-0.25, -0.2) is 0 Å². The molecule has 0 unspecified atom stereocenters. The number of halogens is 3. The first-order valence-corrected chi connectivity index (χ1v) is 2.19. The Balaban J connectivity index is 0. The van der Waals surface area contributed by atoms with Crippen LogP contribution in [0.2, 0.25) is 0 Å². The van der Waals surface area contributed by atoms with Crippen LogP contribution in [-0.2, 0) is 0 Å². The molecular formula is C2HCl3N-. The number of nitrogens with zero attached hydrogens (tertiary/aromatic N) is 1. The van der Waals surface area contributed by atoms with E-state index in [4.69, 9.17) is 46.6 Å². The molecule has 0 aromatic heterocycles. The number of hydrogen-bond acceptors (Lipinski definition) is 1. The molecule has 0 aromatic rings. The Hall–Kier alpha value is 0.360. The van der Waals surface area contributed by atoms with Crippen LogP contribution in [0.3, 0.4) is 0 Å². The lowest BCUT2D eigenvalue weighted by Crippen LogP contribution is -1.55. The molecule has 1 nitrogen and oxygen atoms in total. The van der Waals surface area contributed by atoms with Crippen molar-refractivity contribution in [2.45, 2.75) is 4.30 Å². The fraction of sp³-hybridized carbons (Fsp3) is 0.500. The van der Waals surface area contributed by atoms with E-state index in [-0.39, 0.29) is 0 Å². The molecular weight excluding hydrogens is 144 g/mol. The fourth-order valence-corrected chi connectivity index (χ4v) is 0. The zero-order valence-electron chi connectivity index (χ0n) is 2.66. The van der Waals surface area contributed by atoms with E-state index in [1.54, 1.807) is 0 Å². The van der Waals surface area contributed by atoms with Crippen molar-refractivity contribution in [2.75, 3.05) is 0 Å². The first-order valence-electron chi connectivity index (χ1n) is 0.878. The van der Waals surface area contributed by atoms with Gasteiger partial charge in [0.05, 0.1) is 0 Å². The minimum absolute atomic E-state index is 0.750. The molecule has 0 atom stereocenters. The molecule has 0 heterocycles. The summed E-state index contributed by atoms with van der Waals surface area (Å²) in [6.07, 6.45) is 0. The second-order valence-corrected chi connectivity index (χ2v) is 2.23. The van der Waals surface area contributed by atoms with Gasteiger partial charge in [-0.3, -0.25) is 0 Å². The molecule has 6 heavy (non-hydrogen) atoms. The minimum Gasteiger partial charge on any atom is -0.512 e. The number of alkyl halides is 3. The molecule has 0 fully saturated rings. The third-order valence-electron chi connectivity index (χ3n) is 0. The number of hydrogen-bond donors (Lipinski definition) is 0. The minimum atomic E-state index is -0.750. The van der Waals surface area contributed by atoms with E-state index in [2.05, 4.69) is 0 Å². The third-order valence-corrected chi connectivity index (χ3v) is 0. The lowest BCUT2D eigenvalue weighted by molar-refractivity contribution is 1.53. The Labute approximate surface area is 51.4 Å². The van der Waals surface area contributed by atoms with Gasteiger partial charge in [0, 0.05) is 0 Å². The highest BCUT2D eigenvalue weighted by Crippen LogP contribution is 2.03. The second-order valence-electron chi connectivity index (χ2n) is 0.247. The van der Waals surface area contributed by atoms with E-state index in [0.29, 0.717) is 0 Å². The van der Waals surface area contributed by atoms with Crippen LogP contribution in [0.5, 0.6) is 0 Å². The maximum absolute atomic E-state index is 6.25. The fourth-order valence-electron chi connectivity index (χ4n) is 0. The SMILES string of the molecule is ClC(Cl)Cl.[C-]#N. The van der Waals surface area contributed by atoms with Crippen LogP contribution in [0.1, 0.15) is 0 Å². The molecule has 0 aromatic carbocycles. The van der Waals surface area contributed by atoms with Crippen LogP contribution in [0.4, 0.5) is 0 Å². The molecule has 0 saturated carbocycles. The van der Waals surface area contributed by atoms with Crippen molar-refractivity contribution < 1.29 is 0 Å². The standard InChI is InChI=1S/CHCl3.CN/c2-1(3)4;1-2/h1H;/q;-1. The summed E-state index contributed by atoms with van der Waals surface area (Å²) in [6.45, 7) is 4.75. The Bertz CT molecular complexity index is 30.3. The van der Waals surface area contributed by atoms with Crippen LogP contribution in [0, 0.1) is 11.8 Å². The highest BCUT2D eigenvalue weighted by Gasteiger charge is 1.78. The molecule has 0 saturated heterocycles. The van der Waals surface area contributed by atoms with Crippen molar-refractivity contribution in [3.05, 3.63) is 6.57 Å². The zero-order valence-corrected chi connectivity index (χ0v) is 4.93. The van der Waals surface area contributed by atoms with Crippen LogP contribution in [0.25, 0.3) is 0 Å². The summed E-state index contributed by atoms with van der Waals surface area (Å²) in [5.41, 5.74) is 0. The van der Waals surface area contributed by atoms with Gasteiger partial charge in [-0.2, -0.15) is 0 Å². The maximum Gasteiger partial charge on any atom is 0.180 e. The Morgan fingerprint density at radius 3 is 1.17 bits per heavy atom. The third kappa shape index (κ3) is 380. The maximum atomic E-state index is 6.25. The monoisotopic (exact) mass is 144 g/mol. The van der Waals surface area contributed by atoms with E-state index < -0.39 is 4.30 Å². The van der Waals surface area contributed by atoms with Crippen molar-refractivity contribution in [3.63, 3.8) is 0 Å². The van der Waals surface area contributed by atoms with Gasteiger partial charge in [0.25, 0.3) is 0 Å². The van der Waals surface area contributed by atoms with Crippen molar-refractivity contribution in [2.24, 2.45) is 0 Å². The van der Waals surface area contributed by atoms with Crippen molar-refractivity contribution >= 4 is 34.8 Å². The lowest BCUT2D eigenvalue weighted by Gasteiger charge is -1.69. The first-order chi connectivity index (χ1) is 2.73. The van der Waals surface area contributed by atoms with Gasteiger partial charge in [0.2, 0.25) is 0 Å². The first kappa shape index (κ1) is 9.61. The average molecular weight is 145 g/mol. The molecule has 0 N–H and O–H groups in total. The van der Waals surface area contributed by atoms with Gasteiger partial charge >= 0.3 is 0 Å². The number of rotatable bonds is 0. The van der Waals surface area contributed by atoms with Crippen molar-refractivity contribution in [3.8, 4) is 0 Å². The van der Waals surface area contributed by atoms with Gasteiger partial charge in [-0.1, -0.05) is 34.8 Å². The van der Waals surface area contributed by atoms with Crippen molar-refractivity contribution in [1.29, 1.82) is 5.26 Å². The molecule has 4 heteroatoms. The van der Waals surface area contributed by atoms with E-state index in [1.165, 1.54) is 0 Å².